The lowest BCUT2D eigenvalue weighted by Gasteiger charge is -2.15. The molecule has 5 heteroatoms. The summed E-state index contributed by atoms with van der Waals surface area (Å²) in [5, 5.41) is 5.78. The van der Waals surface area contributed by atoms with Gasteiger partial charge in [-0.05, 0) is 35.7 Å². The molecule has 51 heavy (non-hydrogen) atoms. The summed E-state index contributed by atoms with van der Waals surface area (Å²) in [7, 11) is 0. The van der Waals surface area contributed by atoms with Gasteiger partial charge in [-0.2, -0.15) is 0 Å². The predicted octanol–water partition coefficient (Wildman–Crippen LogP) is 11.3. The SMILES string of the molecule is c1ccc(-c2nc(-c3ccccc3)nc(-c3cccc(-c4nc5ccccc5c5ccc6c7ccccc7n(-c7ccccc7)c6c45)c3)n2)cc1. The molecule has 0 aliphatic rings. The molecule has 0 bridgehead atoms. The summed E-state index contributed by atoms with van der Waals surface area (Å²) < 4.78 is 2.39. The number of rotatable bonds is 5. The van der Waals surface area contributed by atoms with E-state index < -0.39 is 0 Å². The van der Waals surface area contributed by atoms with E-state index in [0.717, 1.165) is 66.3 Å². The number of benzene rings is 7. The molecule has 0 N–H and O–H groups in total. The Morgan fingerprint density at radius 2 is 0.882 bits per heavy atom. The van der Waals surface area contributed by atoms with Crippen LogP contribution in [-0.2, 0) is 0 Å². The average molecular weight is 652 g/mol. The van der Waals surface area contributed by atoms with Crippen LogP contribution in [0.1, 0.15) is 0 Å². The molecule has 10 rings (SSSR count). The summed E-state index contributed by atoms with van der Waals surface area (Å²) in [6, 6.07) is 60.9. The van der Waals surface area contributed by atoms with Crippen molar-refractivity contribution >= 4 is 43.5 Å². The van der Waals surface area contributed by atoms with Gasteiger partial charge in [-0.15, -0.1) is 0 Å². The second kappa shape index (κ2) is 11.9. The molecular weight excluding hydrogens is 623 g/mol. The molecule has 0 fully saturated rings. The molecule has 3 heterocycles. The van der Waals surface area contributed by atoms with Crippen molar-refractivity contribution in [3.05, 3.63) is 176 Å². The van der Waals surface area contributed by atoms with Gasteiger partial charge in [-0.1, -0.05) is 146 Å². The van der Waals surface area contributed by atoms with E-state index in [-0.39, 0.29) is 0 Å². The van der Waals surface area contributed by atoms with Gasteiger partial charge < -0.3 is 4.57 Å². The third-order valence-electron chi connectivity index (χ3n) is 9.61. The van der Waals surface area contributed by atoms with Crippen LogP contribution in [0, 0.1) is 0 Å². The zero-order valence-corrected chi connectivity index (χ0v) is 27.5. The summed E-state index contributed by atoms with van der Waals surface area (Å²) in [5.41, 5.74) is 9.02. The minimum absolute atomic E-state index is 0.609. The second-order valence-corrected chi connectivity index (χ2v) is 12.7. The first-order chi connectivity index (χ1) is 25.3. The molecule has 238 valence electrons. The number of pyridine rings is 1. The maximum atomic E-state index is 5.43. The second-order valence-electron chi connectivity index (χ2n) is 12.7. The minimum Gasteiger partial charge on any atom is -0.309 e. The molecule has 5 nitrogen and oxygen atoms in total. The summed E-state index contributed by atoms with van der Waals surface area (Å²) in [4.78, 5) is 20.4. The van der Waals surface area contributed by atoms with Crippen LogP contribution in [0.4, 0.5) is 0 Å². The lowest BCUT2D eigenvalue weighted by molar-refractivity contribution is 1.07. The number of hydrogen-bond acceptors (Lipinski definition) is 4. The van der Waals surface area contributed by atoms with Gasteiger partial charge in [0.05, 0.1) is 22.2 Å². The third-order valence-corrected chi connectivity index (χ3v) is 9.61. The van der Waals surface area contributed by atoms with E-state index in [9.17, 15) is 0 Å². The fraction of sp³-hybridized carbons (Fsp3) is 0. The number of aromatic nitrogens is 5. The van der Waals surface area contributed by atoms with Gasteiger partial charge in [0.1, 0.15) is 0 Å². The first-order valence-corrected chi connectivity index (χ1v) is 17.1. The Hall–Kier alpha value is -6.98. The highest BCUT2D eigenvalue weighted by molar-refractivity contribution is 6.25. The monoisotopic (exact) mass is 651 g/mol. The maximum absolute atomic E-state index is 5.43. The molecule has 0 saturated heterocycles. The van der Waals surface area contributed by atoms with Gasteiger partial charge >= 0.3 is 0 Å². The van der Waals surface area contributed by atoms with Gasteiger partial charge in [-0.3, -0.25) is 0 Å². The molecule has 0 aliphatic carbocycles. The minimum atomic E-state index is 0.609. The van der Waals surface area contributed by atoms with Gasteiger partial charge in [0, 0.05) is 49.5 Å². The molecular formula is C46H29N5. The Kier molecular flexibility index (Phi) is 6.74. The smallest absolute Gasteiger partial charge is 0.164 e. The van der Waals surface area contributed by atoms with E-state index in [0.29, 0.717) is 17.5 Å². The molecule has 0 radical (unpaired) electrons. The van der Waals surface area contributed by atoms with E-state index in [1.807, 2.05) is 60.7 Å². The van der Waals surface area contributed by atoms with Gasteiger partial charge in [0.2, 0.25) is 0 Å². The number of nitrogens with zero attached hydrogens (tertiary/aromatic N) is 5. The van der Waals surface area contributed by atoms with Crippen molar-refractivity contribution in [2.45, 2.75) is 0 Å². The van der Waals surface area contributed by atoms with Crippen molar-refractivity contribution in [3.63, 3.8) is 0 Å². The number of fused-ring (bicyclic) bond motifs is 7. The zero-order chi connectivity index (χ0) is 33.7. The van der Waals surface area contributed by atoms with E-state index in [1.165, 1.54) is 10.8 Å². The number of hydrogen-bond donors (Lipinski definition) is 0. The third kappa shape index (κ3) is 4.86. The van der Waals surface area contributed by atoms with Crippen LogP contribution >= 0.6 is 0 Å². The highest BCUT2D eigenvalue weighted by Gasteiger charge is 2.21. The molecule has 3 aromatic heterocycles. The Balaban J connectivity index is 1.27. The van der Waals surface area contributed by atoms with Crippen LogP contribution in [0.3, 0.4) is 0 Å². The zero-order valence-electron chi connectivity index (χ0n) is 27.5. The predicted molar refractivity (Wildman–Crippen MR) is 209 cm³/mol. The first-order valence-electron chi connectivity index (χ1n) is 17.1. The summed E-state index contributed by atoms with van der Waals surface area (Å²) >= 11 is 0. The van der Waals surface area contributed by atoms with Crippen molar-refractivity contribution in [1.82, 2.24) is 24.5 Å². The van der Waals surface area contributed by atoms with Gasteiger partial charge in [0.25, 0.3) is 0 Å². The quantitative estimate of drug-likeness (QED) is 0.174. The van der Waals surface area contributed by atoms with Gasteiger partial charge in [0.15, 0.2) is 17.5 Å². The van der Waals surface area contributed by atoms with E-state index >= 15 is 0 Å². The first kappa shape index (κ1) is 29.0. The standard InChI is InChI=1S/C46H29N5/c1-4-15-30(16-5-1)44-48-45(31-17-6-2-7-18-31)50-46(49-44)33-20-14-19-32(29-33)42-41-37(35-23-10-12-25-39(35)47-42)27-28-38-36-24-11-13-26-40(36)51(43(38)41)34-21-8-3-9-22-34/h1-29H. The van der Waals surface area contributed by atoms with E-state index in [1.54, 1.807) is 0 Å². The molecule has 10 aromatic rings. The molecule has 0 spiro atoms. The fourth-order valence-electron chi connectivity index (χ4n) is 7.29. The number of para-hydroxylation sites is 3. The fourth-order valence-corrected chi connectivity index (χ4v) is 7.29. The van der Waals surface area contributed by atoms with Crippen LogP contribution in [-0.4, -0.2) is 24.5 Å². The highest BCUT2D eigenvalue weighted by atomic mass is 15.0. The highest BCUT2D eigenvalue weighted by Crippen LogP contribution is 2.42. The van der Waals surface area contributed by atoms with Crippen molar-refractivity contribution in [1.29, 1.82) is 0 Å². The van der Waals surface area contributed by atoms with Crippen molar-refractivity contribution in [2.24, 2.45) is 0 Å². The molecule has 0 unspecified atom stereocenters. The Labute approximate surface area is 294 Å². The van der Waals surface area contributed by atoms with E-state index in [4.69, 9.17) is 19.9 Å². The Morgan fingerprint density at radius 1 is 0.353 bits per heavy atom. The van der Waals surface area contributed by atoms with Crippen LogP contribution in [0.15, 0.2) is 176 Å². The van der Waals surface area contributed by atoms with Gasteiger partial charge in [-0.25, -0.2) is 19.9 Å². The molecule has 0 amide bonds. The Morgan fingerprint density at radius 3 is 1.59 bits per heavy atom. The average Bonchev–Trinajstić information content (AvgIpc) is 3.56. The molecule has 0 atom stereocenters. The molecule has 7 aromatic carbocycles. The van der Waals surface area contributed by atoms with Crippen molar-refractivity contribution < 1.29 is 0 Å². The lowest BCUT2D eigenvalue weighted by atomic mass is 9.96. The molecule has 0 saturated carbocycles. The van der Waals surface area contributed by atoms with Crippen LogP contribution in [0.25, 0.3) is 94.6 Å². The maximum Gasteiger partial charge on any atom is 0.164 e. The summed E-state index contributed by atoms with van der Waals surface area (Å²) in [5.74, 6) is 1.87. The van der Waals surface area contributed by atoms with Crippen LogP contribution in [0.5, 0.6) is 0 Å². The lowest BCUT2D eigenvalue weighted by Crippen LogP contribution is -2.00. The van der Waals surface area contributed by atoms with E-state index in [2.05, 4.69) is 120 Å². The Bertz CT molecular complexity index is 2840. The van der Waals surface area contributed by atoms with Crippen molar-refractivity contribution in [3.8, 4) is 51.1 Å². The largest absolute Gasteiger partial charge is 0.309 e. The van der Waals surface area contributed by atoms with Crippen LogP contribution < -0.4 is 0 Å². The summed E-state index contributed by atoms with van der Waals surface area (Å²) in [6.45, 7) is 0. The summed E-state index contributed by atoms with van der Waals surface area (Å²) in [6.07, 6.45) is 0. The topological polar surface area (TPSA) is 56.5 Å². The van der Waals surface area contributed by atoms with Crippen LogP contribution in [0.2, 0.25) is 0 Å². The molecule has 0 aliphatic heterocycles. The van der Waals surface area contributed by atoms with Crippen molar-refractivity contribution in [2.75, 3.05) is 0 Å². The normalized spacial score (nSPS) is 11.5.